The number of carbonyl (C=O) groups is 1. The van der Waals surface area contributed by atoms with Crippen molar-refractivity contribution in [3.05, 3.63) is 54.1 Å². The van der Waals surface area contributed by atoms with Gasteiger partial charge in [0.15, 0.2) is 11.5 Å². The minimum atomic E-state index is -0.0526. The summed E-state index contributed by atoms with van der Waals surface area (Å²) in [6, 6.07) is 15.3. The highest BCUT2D eigenvalue weighted by Crippen LogP contribution is 2.36. The van der Waals surface area contributed by atoms with Gasteiger partial charge >= 0.3 is 0 Å². The summed E-state index contributed by atoms with van der Waals surface area (Å²) in [7, 11) is 0. The molecule has 126 valence electrons. The molecule has 1 aromatic heterocycles. The Kier molecular flexibility index (Phi) is 4.19. The van der Waals surface area contributed by atoms with Crippen LogP contribution in [0.4, 0.5) is 5.69 Å². The number of amides is 1. The molecule has 1 aliphatic rings. The number of ether oxygens (including phenoxy) is 2. The van der Waals surface area contributed by atoms with Gasteiger partial charge in [0.05, 0.1) is 11.3 Å². The zero-order valence-electron chi connectivity index (χ0n) is 13.6. The first-order valence-corrected chi connectivity index (χ1v) is 8.86. The molecule has 2 aromatic carbocycles. The van der Waals surface area contributed by atoms with Gasteiger partial charge in [-0.1, -0.05) is 30.0 Å². The Balaban J connectivity index is 1.50. The summed E-state index contributed by atoms with van der Waals surface area (Å²) in [6.45, 7) is 2.24. The van der Waals surface area contributed by atoms with E-state index in [0.717, 1.165) is 32.9 Å². The highest BCUT2D eigenvalue weighted by Gasteiger charge is 2.16. The van der Waals surface area contributed by atoms with Crippen molar-refractivity contribution in [3.63, 3.8) is 0 Å². The molecule has 0 aliphatic carbocycles. The third-order valence-corrected chi connectivity index (χ3v) is 4.94. The molecule has 0 atom stereocenters. The third kappa shape index (κ3) is 3.39. The second kappa shape index (κ2) is 6.64. The van der Waals surface area contributed by atoms with Gasteiger partial charge in [0, 0.05) is 17.1 Å². The van der Waals surface area contributed by atoms with Gasteiger partial charge < -0.3 is 14.8 Å². The molecule has 1 N–H and O–H groups in total. The van der Waals surface area contributed by atoms with Gasteiger partial charge in [-0.2, -0.15) is 0 Å². The smallest absolute Gasteiger partial charge is 0.234 e. The normalized spacial score (nSPS) is 12.4. The average molecular weight is 352 g/mol. The van der Waals surface area contributed by atoms with Crippen LogP contribution in [0.3, 0.4) is 0 Å². The number of aryl methyl sites for hydroxylation is 1. The van der Waals surface area contributed by atoms with Gasteiger partial charge in [-0.25, -0.2) is 4.98 Å². The maximum Gasteiger partial charge on any atom is 0.234 e. The lowest BCUT2D eigenvalue weighted by Crippen LogP contribution is -2.14. The molecular formula is C19H16N2O3S. The molecule has 0 radical (unpaired) electrons. The van der Waals surface area contributed by atoms with E-state index in [1.807, 2.05) is 49.4 Å². The number of hydrogen-bond donors (Lipinski definition) is 1. The third-order valence-electron chi connectivity index (χ3n) is 3.85. The fourth-order valence-electron chi connectivity index (χ4n) is 2.65. The van der Waals surface area contributed by atoms with Crippen LogP contribution in [0.2, 0.25) is 0 Å². The fraction of sp³-hybridized carbons (Fsp3) is 0.158. The van der Waals surface area contributed by atoms with Crippen LogP contribution in [0.5, 0.6) is 11.5 Å². The quantitative estimate of drug-likeness (QED) is 0.719. The van der Waals surface area contributed by atoms with E-state index < -0.39 is 0 Å². The van der Waals surface area contributed by atoms with Crippen LogP contribution < -0.4 is 14.8 Å². The van der Waals surface area contributed by atoms with Crippen molar-refractivity contribution < 1.29 is 14.3 Å². The Morgan fingerprint density at radius 2 is 1.92 bits per heavy atom. The lowest BCUT2D eigenvalue weighted by atomic mass is 10.1. The van der Waals surface area contributed by atoms with Crippen LogP contribution in [0.15, 0.2) is 53.6 Å². The predicted octanol–water partition coefficient (Wildman–Crippen LogP) is 4.00. The highest BCUT2D eigenvalue weighted by atomic mass is 32.2. The van der Waals surface area contributed by atoms with E-state index in [1.54, 1.807) is 0 Å². The fourth-order valence-corrected chi connectivity index (χ4v) is 3.44. The van der Waals surface area contributed by atoms with Crippen molar-refractivity contribution in [2.24, 2.45) is 0 Å². The van der Waals surface area contributed by atoms with E-state index >= 15 is 0 Å². The maximum atomic E-state index is 12.1. The number of carbonyl (C=O) groups excluding carboxylic acids is 1. The second-order valence-electron chi connectivity index (χ2n) is 5.71. The molecule has 1 amide bonds. The van der Waals surface area contributed by atoms with E-state index in [9.17, 15) is 4.79 Å². The van der Waals surface area contributed by atoms with E-state index in [2.05, 4.69) is 16.4 Å². The van der Waals surface area contributed by atoms with Crippen LogP contribution in [0.25, 0.3) is 10.9 Å². The lowest BCUT2D eigenvalue weighted by Gasteiger charge is -2.08. The van der Waals surface area contributed by atoms with Gasteiger partial charge in [-0.15, -0.1) is 0 Å². The van der Waals surface area contributed by atoms with Gasteiger partial charge in [-0.05, 0) is 36.8 Å². The molecule has 4 rings (SSSR count). The minimum absolute atomic E-state index is 0.0526. The number of aromatic nitrogens is 1. The van der Waals surface area contributed by atoms with Gasteiger partial charge in [-0.3, -0.25) is 4.79 Å². The van der Waals surface area contributed by atoms with Crippen LogP contribution in [0.1, 0.15) is 5.56 Å². The molecule has 0 spiro atoms. The van der Waals surface area contributed by atoms with E-state index in [1.165, 1.54) is 11.8 Å². The van der Waals surface area contributed by atoms with Crippen molar-refractivity contribution in [3.8, 4) is 11.5 Å². The Hall–Kier alpha value is -2.73. The molecule has 2 heterocycles. The Labute approximate surface area is 149 Å². The Bertz CT molecular complexity index is 944. The molecule has 0 saturated carbocycles. The molecular weight excluding hydrogens is 336 g/mol. The molecule has 0 fully saturated rings. The Morgan fingerprint density at radius 1 is 1.16 bits per heavy atom. The molecule has 0 unspecified atom stereocenters. The van der Waals surface area contributed by atoms with Crippen LogP contribution >= 0.6 is 11.8 Å². The first-order chi connectivity index (χ1) is 12.2. The van der Waals surface area contributed by atoms with Crippen LogP contribution in [0, 0.1) is 6.92 Å². The average Bonchev–Trinajstić information content (AvgIpc) is 3.06. The van der Waals surface area contributed by atoms with Crippen molar-refractivity contribution >= 4 is 34.3 Å². The van der Waals surface area contributed by atoms with Crippen molar-refractivity contribution in [1.82, 2.24) is 4.98 Å². The number of fused-ring (bicyclic) bond motifs is 2. The number of hydrogen-bond acceptors (Lipinski definition) is 5. The summed E-state index contributed by atoms with van der Waals surface area (Å²) in [5.74, 6) is 1.71. The number of nitrogens with one attached hydrogen (secondary N) is 1. The number of para-hydroxylation sites is 1. The minimum Gasteiger partial charge on any atom is -0.454 e. The number of anilines is 1. The van der Waals surface area contributed by atoms with Gasteiger partial charge in [0.1, 0.15) is 5.03 Å². The number of nitrogens with zero attached hydrogens (tertiary/aromatic N) is 1. The first kappa shape index (κ1) is 15.8. The summed E-state index contributed by atoms with van der Waals surface area (Å²) in [5.41, 5.74) is 2.66. The molecule has 25 heavy (non-hydrogen) atoms. The molecule has 0 bridgehead atoms. The second-order valence-corrected chi connectivity index (χ2v) is 6.68. The highest BCUT2D eigenvalue weighted by molar-refractivity contribution is 8.00. The first-order valence-electron chi connectivity index (χ1n) is 7.88. The largest absolute Gasteiger partial charge is 0.454 e. The van der Waals surface area contributed by atoms with Crippen molar-refractivity contribution in [2.45, 2.75) is 11.9 Å². The molecule has 5 nitrogen and oxygen atoms in total. The maximum absolute atomic E-state index is 12.1. The monoisotopic (exact) mass is 352 g/mol. The molecule has 1 aliphatic heterocycles. The standard InChI is InChI=1S/C19H16N2O3S/c1-12-7-13-8-16-17(24-11-23-16)9-15(13)21-19(12)25-10-18(22)20-14-5-3-2-4-6-14/h2-9H,10-11H2,1H3,(H,20,22). The molecule has 6 heteroatoms. The van der Waals surface area contributed by atoms with Crippen LogP contribution in [-0.4, -0.2) is 23.4 Å². The predicted molar refractivity (Wildman–Crippen MR) is 98.4 cm³/mol. The van der Waals surface area contributed by atoms with Gasteiger partial charge in [0.25, 0.3) is 0 Å². The number of pyridine rings is 1. The summed E-state index contributed by atoms with van der Waals surface area (Å²) >= 11 is 1.43. The lowest BCUT2D eigenvalue weighted by molar-refractivity contribution is -0.113. The van der Waals surface area contributed by atoms with Crippen LogP contribution in [-0.2, 0) is 4.79 Å². The zero-order valence-corrected chi connectivity index (χ0v) is 14.4. The van der Waals surface area contributed by atoms with E-state index in [0.29, 0.717) is 11.5 Å². The number of thioether (sulfide) groups is 1. The number of rotatable bonds is 4. The Morgan fingerprint density at radius 3 is 2.72 bits per heavy atom. The molecule has 3 aromatic rings. The zero-order chi connectivity index (χ0) is 17.2. The molecule has 0 saturated heterocycles. The van der Waals surface area contributed by atoms with E-state index in [-0.39, 0.29) is 12.7 Å². The van der Waals surface area contributed by atoms with Crippen molar-refractivity contribution in [1.29, 1.82) is 0 Å². The van der Waals surface area contributed by atoms with Crippen molar-refractivity contribution in [2.75, 3.05) is 17.9 Å². The topological polar surface area (TPSA) is 60.5 Å². The SMILES string of the molecule is Cc1cc2cc3c(cc2nc1SCC(=O)Nc1ccccc1)OCO3. The summed E-state index contributed by atoms with van der Waals surface area (Å²) in [6.07, 6.45) is 0. The summed E-state index contributed by atoms with van der Waals surface area (Å²) in [5, 5.41) is 4.72. The van der Waals surface area contributed by atoms with Gasteiger partial charge in [0.2, 0.25) is 12.7 Å². The number of benzene rings is 2. The summed E-state index contributed by atoms with van der Waals surface area (Å²) < 4.78 is 10.8. The summed E-state index contributed by atoms with van der Waals surface area (Å²) in [4.78, 5) is 16.8. The van der Waals surface area contributed by atoms with E-state index in [4.69, 9.17) is 9.47 Å².